The van der Waals surface area contributed by atoms with Gasteiger partial charge in [-0.1, -0.05) is 33.1 Å². The molecule has 2 N–H and O–H groups in total. The lowest BCUT2D eigenvalue weighted by Gasteiger charge is -2.42. The molecule has 0 spiro atoms. The molecule has 0 radical (unpaired) electrons. The Morgan fingerprint density at radius 3 is 2.53 bits per heavy atom. The van der Waals surface area contributed by atoms with Crippen LogP contribution in [0.4, 0.5) is 0 Å². The fourth-order valence-corrected chi connectivity index (χ4v) is 3.85. The fraction of sp³-hybridized carbons (Fsp3) is 1.00. The van der Waals surface area contributed by atoms with Crippen molar-refractivity contribution in [3.8, 4) is 0 Å². The first-order valence-electron chi connectivity index (χ1n) is 7.63. The van der Waals surface area contributed by atoms with E-state index in [1.165, 1.54) is 51.6 Å². The van der Waals surface area contributed by atoms with E-state index in [4.69, 9.17) is 5.73 Å². The second kappa shape index (κ2) is 6.19. The minimum atomic E-state index is 0.384. The smallest absolute Gasteiger partial charge is 0.0170 e. The van der Waals surface area contributed by atoms with Crippen LogP contribution in [0.15, 0.2) is 0 Å². The summed E-state index contributed by atoms with van der Waals surface area (Å²) in [5, 5.41) is 0. The lowest BCUT2D eigenvalue weighted by atomic mass is 9.75. The first-order valence-corrected chi connectivity index (χ1v) is 7.63. The van der Waals surface area contributed by atoms with Crippen molar-refractivity contribution in [2.24, 2.45) is 23.5 Å². The molecule has 3 atom stereocenters. The summed E-state index contributed by atoms with van der Waals surface area (Å²) in [5.74, 6) is 2.77. The first-order chi connectivity index (χ1) is 8.15. The summed E-state index contributed by atoms with van der Waals surface area (Å²) in [4.78, 5) is 2.64. The van der Waals surface area contributed by atoms with E-state index in [0.29, 0.717) is 6.04 Å². The Hall–Kier alpha value is -0.0800. The zero-order valence-electron chi connectivity index (χ0n) is 11.7. The van der Waals surface area contributed by atoms with Crippen LogP contribution in [0.5, 0.6) is 0 Å². The number of piperidine rings is 1. The highest BCUT2D eigenvalue weighted by molar-refractivity contribution is 4.84. The van der Waals surface area contributed by atoms with Crippen molar-refractivity contribution in [2.45, 2.75) is 58.4 Å². The van der Waals surface area contributed by atoms with Crippen LogP contribution in [-0.2, 0) is 0 Å². The molecule has 1 aliphatic heterocycles. The van der Waals surface area contributed by atoms with Gasteiger partial charge in [0.15, 0.2) is 0 Å². The third-order valence-electron chi connectivity index (χ3n) is 4.64. The van der Waals surface area contributed by atoms with Crippen LogP contribution in [0, 0.1) is 17.8 Å². The Bertz CT molecular complexity index is 227. The van der Waals surface area contributed by atoms with Crippen LogP contribution in [0.25, 0.3) is 0 Å². The second-order valence-electron chi connectivity index (χ2n) is 6.74. The van der Waals surface area contributed by atoms with Crippen molar-refractivity contribution in [1.82, 2.24) is 4.90 Å². The van der Waals surface area contributed by atoms with Gasteiger partial charge in [0.1, 0.15) is 0 Å². The third-order valence-corrected chi connectivity index (χ3v) is 4.64. The van der Waals surface area contributed by atoms with Crippen molar-refractivity contribution in [3.05, 3.63) is 0 Å². The number of hydrogen-bond donors (Lipinski definition) is 1. The Morgan fingerprint density at radius 2 is 1.82 bits per heavy atom. The van der Waals surface area contributed by atoms with Gasteiger partial charge in [-0.05, 0) is 43.6 Å². The van der Waals surface area contributed by atoms with Crippen LogP contribution < -0.4 is 5.73 Å². The predicted molar refractivity (Wildman–Crippen MR) is 73.9 cm³/mol. The highest BCUT2D eigenvalue weighted by Gasteiger charge is 2.31. The van der Waals surface area contributed by atoms with E-state index in [9.17, 15) is 0 Å². The van der Waals surface area contributed by atoms with E-state index in [1.807, 2.05) is 0 Å². The van der Waals surface area contributed by atoms with Gasteiger partial charge in [-0.3, -0.25) is 0 Å². The molecule has 17 heavy (non-hydrogen) atoms. The molecule has 2 fully saturated rings. The van der Waals surface area contributed by atoms with Crippen LogP contribution in [0.3, 0.4) is 0 Å². The first kappa shape index (κ1) is 13.4. The molecule has 100 valence electrons. The maximum Gasteiger partial charge on any atom is 0.0170 e. The van der Waals surface area contributed by atoms with Gasteiger partial charge in [0.05, 0.1) is 0 Å². The molecule has 0 aromatic rings. The zero-order valence-corrected chi connectivity index (χ0v) is 11.7. The fourth-order valence-electron chi connectivity index (χ4n) is 3.85. The highest BCUT2D eigenvalue weighted by Crippen LogP contribution is 2.35. The lowest BCUT2D eigenvalue weighted by molar-refractivity contribution is 0.0813. The molecule has 1 saturated heterocycles. The third kappa shape index (κ3) is 3.96. The van der Waals surface area contributed by atoms with E-state index in [-0.39, 0.29) is 0 Å². The van der Waals surface area contributed by atoms with Crippen molar-refractivity contribution in [1.29, 1.82) is 0 Å². The van der Waals surface area contributed by atoms with Gasteiger partial charge in [0.25, 0.3) is 0 Å². The Labute approximate surface area is 107 Å². The van der Waals surface area contributed by atoms with E-state index in [0.717, 1.165) is 24.3 Å². The van der Waals surface area contributed by atoms with E-state index in [1.54, 1.807) is 0 Å². The van der Waals surface area contributed by atoms with Crippen molar-refractivity contribution in [3.63, 3.8) is 0 Å². The maximum atomic E-state index is 6.23. The number of nitrogens with two attached hydrogens (primary N) is 1. The Kier molecular flexibility index (Phi) is 4.87. The maximum absolute atomic E-state index is 6.23. The summed E-state index contributed by atoms with van der Waals surface area (Å²) in [6.07, 6.45) is 8.52. The van der Waals surface area contributed by atoms with Gasteiger partial charge in [-0.15, -0.1) is 0 Å². The summed E-state index contributed by atoms with van der Waals surface area (Å²) < 4.78 is 0. The molecular formula is C15H30N2. The van der Waals surface area contributed by atoms with Gasteiger partial charge < -0.3 is 10.6 Å². The highest BCUT2D eigenvalue weighted by atomic mass is 15.1. The van der Waals surface area contributed by atoms with Gasteiger partial charge in [-0.2, -0.15) is 0 Å². The molecule has 2 heteroatoms. The number of rotatable bonds is 4. The quantitative estimate of drug-likeness (QED) is 0.816. The topological polar surface area (TPSA) is 29.3 Å². The standard InChI is InChI=1S/C15H30N2/c1-12(2)9-15(16)11-17-8-7-13-5-3-4-6-14(13)10-17/h12-15H,3-11,16H2,1-2H3/t13-,14-,15+/m1/s1. The average Bonchev–Trinajstić information content (AvgIpc) is 2.27. The molecule has 0 unspecified atom stereocenters. The van der Waals surface area contributed by atoms with E-state index < -0.39 is 0 Å². The number of fused-ring (bicyclic) bond motifs is 1. The van der Waals surface area contributed by atoms with Gasteiger partial charge in [0, 0.05) is 19.1 Å². The number of likely N-dealkylation sites (tertiary alicyclic amines) is 1. The summed E-state index contributed by atoms with van der Waals surface area (Å²) in [5.41, 5.74) is 6.23. The van der Waals surface area contributed by atoms with Crippen LogP contribution in [0.2, 0.25) is 0 Å². The van der Waals surface area contributed by atoms with Crippen LogP contribution in [-0.4, -0.2) is 30.6 Å². The van der Waals surface area contributed by atoms with Gasteiger partial charge >= 0.3 is 0 Å². The normalized spacial score (nSPS) is 32.5. The summed E-state index contributed by atoms with van der Waals surface area (Å²) >= 11 is 0. The SMILES string of the molecule is CC(C)C[C@H](N)CN1CC[C@H]2CCCC[C@@H]2C1. The van der Waals surface area contributed by atoms with Crippen LogP contribution in [0.1, 0.15) is 52.4 Å². The number of nitrogens with zero attached hydrogens (tertiary/aromatic N) is 1. The molecule has 1 saturated carbocycles. The summed E-state index contributed by atoms with van der Waals surface area (Å²) in [6, 6.07) is 0.384. The summed E-state index contributed by atoms with van der Waals surface area (Å²) in [7, 11) is 0. The molecule has 0 aromatic heterocycles. The average molecular weight is 238 g/mol. The van der Waals surface area contributed by atoms with E-state index in [2.05, 4.69) is 18.7 Å². The van der Waals surface area contributed by atoms with Crippen LogP contribution >= 0.6 is 0 Å². The molecule has 2 aliphatic rings. The number of hydrogen-bond acceptors (Lipinski definition) is 2. The molecule has 1 heterocycles. The Morgan fingerprint density at radius 1 is 1.12 bits per heavy atom. The van der Waals surface area contributed by atoms with Crippen molar-refractivity contribution in [2.75, 3.05) is 19.6 Å². The van der Waals surface area contributed by atoms with Crippen molar-refractivity contribution >= 4 is 0 Å². The molecule has 2 nitrogen and oxygen atoms in total. The molecule has 0 aromatic carbocycles. The predicted octanol–water partition coefficient (Wildman–Crippen LogP) is 2.87. The Balaban J connectivity index is 1.75. The zero-order chi connectivity index (χ0) is 12.3. The van der Waals surface area contributed by atoms with Gasteiger partial charge in [-0.25, -0.2) is 0 Å². The monoisotopic (exact) mass is 238 g/mol. The second-order valence-corrected chi connectivity index (χ2v) is 6.74. The molecule has 1 aliphatic carbocycles. The van der Waals surface area contributed by atoms with E-state index >= 15 is 0 Å². The largest absolute Gasteiger partial charge is 0.327 e. The molecular weight excluding hydrogens is 208 g/mol. The van der Waals surface area contributed by atoms with Crippen molar-refractivity contribution < 1.29 is 0 Å². The minimum absolute atomic E-state index is 0.384. The summed E-state index contributed by atoms with van der Waals surface area (Å²) in [6.45, 7) is 8.30. The lowest BCUT2D eigenvalue weighted by Crippen LogP contribution is -2.46. The molecule has 0 bridgehead atoms. The molecule has 2 rings (SSSR count). The van der Waals surface area contributed by atoms with Gasteiger partial charge in [0.2, 0.25) is 0 Å². The minimum Gasteiger partial charge on any atom is -0.327 e. The molecule has 0 amide bonds.